The van der Waals surface area contributed by atoms with E-state index in [1.807, 2.05) is 0 Å². The Morgan fingerprint density at radius 2 is 2.29 bits per heavy atom. The molecule has 0 aliphatic rings. The monoisotopic (exact) mass is 234 g/mol. The van der Waals surface area contributed by atoms with Crippen LogP contribution in [0.4, 0.5) is 5.82 Å². The van der Waals surface area contributed by atoms with Crippen LogP contribution >= 0.6 is 0 Å². The number of aromatic nitrogens is 2. The Morgan fingerprint density at radius 1 is 1.53 bits per heavy atom. The molecule has 0 saturated carbocycles. The average Bonchev–Trinajstić information content (AvgIpc) is 2.33. The zero-order chi connectivity index (χ0) is 12.7. The SMILES string of the molecule is C=CCNC(=O)c1cc(NCC(C)C)ncn1. The van der Waals surface area contributed by atoms with E-state index in [1.54, 1.807) is 12.1 Å². The van der Waals surface area contributed by atoms with Crippen molar-refractivity contribution in [1.82, 2.24) is 15.3 Å². The minimum absolute atomic E-state index is 0.222. The Balaban J connectivity index is 2.64. The van der Waals surface area contributed by atoms with Crippen LogP contribution in [-0.2, 0) is 0 Å². The Hall–Kier alpha value is -1.91. The molecule has 0 atom stereocenters. The van der Waals surface area contributed by atoms with Crippen molar-refractivity contribution in [3.63, 3.8) is 0 Å². The van der Waals surface area contributed by atoms with Crippen LogP contribution in [0.3, 0.4) is 0 Å². The van der Waals surface area contributed by atoms with Gasteiger partial charge in [0.15, 0.2) is 0 Å². The maximum Gasteiger partial charge on any atom is 0.270 e. The molecule has 0 bridgehead atoms. The molecule has 1 aromatic rings. The summed E-state index contributed by atoms with van der Waals surface area (Å²) >= 11 is 0. The van der Waals surface area contributed by atoms with E-state index >= 15 is 0 Å². The summed E-state index contributed by atoms with van der Waals surface area (Å²) in [7, 11) is 0. The molecule has 1 aromatic heterocycles. The van der Waals surface area contributed by atoms with Crippen LogP contribution in [-0.4, -0.2) is 29.0 Å². The smallest absolute Gasteiger partial charge is 0.270 e. The van der Waals surface area contributed by atoms with Crippen LogP contribution in [0.5, 0.6) is 0 Å². The summed E-state index contributed by atoms with van der Waals surface area (Å²) in [6.45, 7) is 8.98. The van der Waals surface area contributed by atoms with E-state index in [1.165, 1.54) is 6.33 Å². The van der Waals surface area contributed by atoms with Crippen LogP contribution in [0.15, 0.2) is 25.0 Å². The van der Waals surface area contributed by atoms with Gasteiger partial charge in [0.2, 0.25) is 0 Å². The molecule has 5 heteroatoms. The van der Waals surface area contributed by atoms with Crippen LogP contribution < -0.4 is 10.6 Å². The number of anilines is 1. The van der Waals surface area contributed by atoms with Gasteiger partial charge in [-0.2, -0.15) is 0 Å². The maximum atomic E-state index is 11.6. The Morgan fingerprint density at radius 3 is 2.94 bits per heavy atom. The Bertz CT molecular complexity index is 390. The Kier molecular flexibility index (Phi) is 5.13. The van der Waals surface area contributed by atoms with Crippen molar-refractivity contribution >= 4 is 11.7 Å². The van der Waals surface area contributed by atoms with E-state index in [0.29, 0.717) is 24.0 Å². The lowest BCUT2D eigenvalue weighted by Crippen LogP contribution is -2.24. The third-order valence-electron chi connectivity index (χ3n) is 2.00. The molecule has 0 radical (unpaired) electrons. The first kappa shape index (κ1) is 13.2. The predicted octanol–water partition coefficient (Wildman–Crippen LogP) is 1.46. The second-order valence-electron chi connectivity index (χ2n) is 4.06. The van der Waals surface area contributed by atoms with E-state index in [0.717, 1.165) is 6.54 Å². The van der Waals surface area contributed by atoms with Crippen LogP contribution in [0.2, 0.25) is 0 Å². The predicted molar refractivity (Wildman–Crippen MR) is 67.9 cm³/mol. The van der Waals surface area contributed by atoms with E-state index in [9.17, 15) is 4.79 Å². The molecule has 0 aliphatic carbocycles. The van der Waals surface area contributed by atoms with E-state index in [2.05, 4.69) is 41.0 Å². The summed E-state index contributed by atoms with van der Waals surface area (Å²) in [6.07, 6.45) is 3.00. The third kappa shape index (κ3) is 4.63. The first-order chi connectivity index (χ1) is 8.13. The molecule has 0 aromatic carbocycles. The normalized spacial score (nSPS) is 10.1. The fraction of sp³-hybridized carbons (Fsp3) is 0.417. The molecule has 1 rings (SSSR count). The summed E-state index contributed by atoms with van der Waals surface area (Å²) < 4.78 is 0. The zero-order valence-corrected chi connectivity index (χ0v) is 10.2. The number of carbonyl (C=O) groups is 1. The van der Waals surface area contributed by atoms with Crippen molar-refractivity contribution < 1.29 is 4.79 Å². The molecule has 1 amide bonds. The fourth-order valence-corrected chi connectivity index (χ4v) is 1.14. The van der Waals surface area contributed by atoms with Gasteiger partial charge in [0.1, 0.15) is 17.8 Å². The molecule has 0 saturated heterocycles. The molecule has 5 nitrogen and oxygen atoms in total. The zero-order valence-electron chi connectivity index (χ0n) is 10.2. The average molecular weight is 234 g/mol. The van der Waals surface area contributed by atoms with Crippen LogP contribution in [0, 0.1) is 5.92 Å². The second-order valence-corrected chi connectivity index (χ2v) is 4.06. The lowest BCUT2D eigenvalue weighted by atomic mass is 10.2. The first-order valence-electron chi connectivity index (χ1n) is 5.58. The van der Waals surface area contributed by atoms with Crippen molar-refractivity contribution in [2.75, 3.05) is 18.4 Å². The highest BCUT2D eigenvalue weighted by Crippen LogP contribution is 2.05. The minimum Gasteiger partial charge on any atom is -0.370 e. The number of hydrogen-bond acceptors (Lipinski definition) is 4. The van der Waals surface area contributed by atoms with Gasteiger partial charge in [-0.3, -0.25) is 4.79 Å². The molecule has 92 valence electrons. The first-order valence-corrected chi connectivity index (χ1v) is 5.58. The molecular weight excluding hydrogens is 216 g/mol. The molecular formula is C12H18N4O. The highest BCUT2D eigenvalue weighted by Gasteiger charge is 2.07. The summed E-state index contributed by atoms with van der Waals surface area (Å²) in [5.41, 5.74) is 0.355. The second kappa shape index (κ2) is 6.62. The highest BCUT2D eigenvalue weighted by atomic mass is 16.1. The summed E-state index contributed by atoms with van der Waals surface area (Å²) in [6, 6.07) is 1.64. The molecule has 17 heavy (non-hydrogen) atoms. The molecule has 1 heterocycles. The Labute approximate surface area is 101 Å². The molecule has 0 spiro atoms. The number of nitrogens with one attached hydrogen (secondary N) is 2. The quantitative estimate of drug-likeness (QED) is 0.731. The number of hydrogen-bond donors (Lipinski definition) is 2. The van der Waals surface area contributed by atoms with Gasteiger partial charge < -0.3 is 10.6 Å². The van der Waals surface area contributed by atoms with Gasteiger partial charge in [0, 0.05) is 19.2 Å². The van der Waals surface area contributed by atoms with E-state index in [-0.39, 0.29) is 5.91 Å². The molecule has 0 aliphatic heterocycles. The fourth-order valence-electron chi connectivity index (χ4n) is 1.14. The molecule has 2 N–H and O–H groups in total. The lowest BCUT2D eigenvalue weighted by Gasteiger charge is -2.08. The standard InChI is InChI=1S/C12H18N4O/c1-4-5-13-12(17)10-6-11(16-8-15-10)14-7-9(2)3/h4,6,8-9H,1,5,7H2,2-3H3,(H,13,17)(H,14,15,16). The third-order valence-corrected chi connectivity index (χ3v) is 2.00. The maximum absolute atomic E-state index is 11.6. The number of amides is 1. The topological polar surface area (TPSA) is 66.9 Å². The molecule has 0 fully saturated rings. The summed E-state index contributed by atoms with van der Waals surface area (Å²) in [5, 5.41) is 5.81. The van der Waals surface area contributed by atoms with Crippen molar-refractivity contribution in [2.45, 2.75) is 13.8 Å². The van der Waals surface area contributed by atoms with E-state index in [4.69, 9.17) is 0 Å². The number of carbonyl (C=O) groups excluding carboxylic acids is 1. The van der Waals surface area contributed by atoms with Crippen molar-refractivity contribution in [3.05, 3.63) is 30.7 Å². The van der Waals surface area contributed by atoms with E-state index < -0.39 is 0 Å². The highest BCUT2D eigenvalue weighted by molar-refractivity contribution is 5.92. The van der Waals surface area contributed by atoms with Crippen LogP contribution in [0.1, 0.15) is 24.3 Å². The van der Waals surface area contributed by atoms with Gasteiger partial charge in [-0.25, -0.2) is 9.97 Å². The van der Waals surface area contributed by atoms with Gasteiger partial charge in [-0.05, 0) is 5.92 Å². The van der Waals surface area contributed by atoms with Gasteiger partial charge in [-0.15, -0.1) is 6.58 Å². The minimum atomic E-state index is -0.222. The number of rotatable bonds is 6. The number of nitrogens with zero attached hydrogens (tertiary/aromatic N) is 2. The summed E-state index contributed by atoms with van der Waals surface area (Å²) in [4.78, 5) is 19.6. The van der Waals surface area contributed by atoms with Gasteiger partial charge in [0.25, 0.3) is 5.91 Å². The van der Waals surface area contributed by atoms with Crippen molar-refractivity contribution in [3.8, 4) is 0 Å². The van der Waals surface area contributed by atoms with Gasteiger partial charge in [0.05, 0.1) is 0 Å². The summed E-state index contributed by atoms with van der Waals surface area (Å²) in [5.74, 6) is 0.959. The van der Waals surface area contributed by atoms with Crippen molar-refractivity contribution in [2.24, 2.45) is 5.92 Å². The van der Waals surface area contributed by atoms with Crippen molar-refractivity contribution in [1.29, 1.82) is 0 Å². The largest absolute Gasteiger partial charge is 0.370 e. The van der Waals surface area contributed by atoms with Gasteiger partial charge >= 0.3 is 0 Å². The molecule has 0 unspecified atom stereocenters. The van der Waals surface area contributed by atoms with Gasteiger partial charge in [-0.1, -0.05) is 19.9 Å². The lowest BCUT2D eigenvalue weighted by molar-refractivity contribution is 0.0953. The van der Waals surface area contributed by atoms with Crippen LogP contribution in [0.25, 0.3) is 0 Å².